The number of carbonyl (C=O) groups is 1. The lowest BCUT2D eigenvalue weighted by Crippen LogP contribution is -2.24. The Morgan fingerprint density at radius 2 is 2.00 bits per heavy atom. The minimum absolute atomic E-state index is 0.0662. The lowest BCUT2D eigenvalue weighted by Gasteiger charge is -2.12. The van der Waals surface area contributed by atoms with Crippen molar-refractivity contribution >= 4 is 5.91 Å². The number of benzene rings is 1. The highest BCUT2D eigenvalue weighted by atomic mass is 16.1. The molecule has 0 saturated heterocycles. The Labute approximate surface area is 159 Å². The monoisotopic (exact) mass is 363 g/mol. The van der Waals surface area contributed by atoms with Gasteiger partial charge in [0.1, 0.15) is 0 Å². The lowest BCUT2D eigenvalue weighted by atomic mass is 9.94. The van der Waals surface area contributed by atoms with Crippen molar-refractivity contribution in [3.05, 3.63) is 70.8 Å². The maximum Gasteiger partial charge on any atom is 0.220 e. The van der Waals surface area contributed by atoms with E-state index in [4.69, 9.17) is 0 Å². The van der Waals surface area contributed by atoms with Gasteiger partial charge in [-0.05, 0) is 48.4 Å². The molecule has 6 nitrogen and oxygen atoms in total. The maximum atomic E-state index is 12.3. The van der Waals surface area contributed by atoms with Crippen LogP contribution in [0, 0.1) is 0 Å². The smallest absolute Gasteiger partial charge is 0.220 e. The number of nitrogens with one attached hydrogen (secondary N) is 2. The van der Waals surface area contributed by atoms with E-state index in [0.717, 1.165) is 24.1 Å². The molecule has 0 bridgehead atoms. The average molecular weight is 363 g/mol. The number of nitrogens with zero attached hydrogens (tertiary/aromatic N) is 3. The van der Waals surface area contributed by atoms with E-state index in [0.29, 0.717) is 25.9 Å². The third kappa shape index (κ3) is 4.27. The number of fused-ring (bicyclic) bond motifs is 1. The summed E-state index contributed by atoms with van der Waals surface area (Å²) in [6.07, 6.45) is 9.51. The molecule has 2 heterocycles. The van der Waals surface area contributed by atoms with E-state index in [-0.39, 0.29) is 5.91 Å². The van der Waals surface area contributed by atoms with Crippen molar-refractivity contribution in [2.75, 3.05) is 0 Å². The van der Waals surface area contributed by atoms with Crippen LogP contribution in [0.2, 0.25) is 0 Å². The van der Waals surface area contributed by atoms with Crippen molar-refractivity contribution in [2.45, 2.75) is 51.6 Å². The molecule has 1 aliphatic rings. The first-order valence-corrected chi connectivity index (χ1v) is 9.65. The van der Waals surface area contributed by atoms with Gasteiger partial charge in [0.05, 0.1) is 12.2 Å². The highest BCUT2D eigenvalue weighted by Gasteiger charge is 2.17. The summed E-state index contributed by atoms with van der Waals surface area (Å²) in [4.78, 5) is 12.3. The summed E-state index contributed by atoms with van der Waals surface area (Å²) in [5, 5.41) is 14.9. The number of aryl methyl sites for hydroxylation is 2. The third-order valence-electron chi connectivity index (χ3n) is 5.22. The molecule has 0 atom stereocenters. The molecule has 2 N–H and O–H groups in total. The van der Waals surface area contributed by atoms with Crippen molar-refractivity contribution < 1.29 is 4.79 Å². The molecule has 0 saturated carbocycles. The first kappa shape index (κ1) is 17.5. The summed E-state index contributed by atoms with van der Waals surface area (Å²) < 4.78 is 1.89. The molecule has 140 valence electrons. The van der Waals surface area contributed by atoms with Gasteiger partial charge in [-0.2, -0.15) is 10.2 Å². The molecule has 1 aromatic carbocycles. The molecule has 0 aliphatic heterocycles. The summed E-state index contributed by atoms with van der Waals surface area (Å²) in [5.41, 5.74) is 5.98. The minimum atomic E-state index is 0.0662. The molecule has 6 heteroatoms. The van der Waals surface area contributed by atoms with E-state index in [2.05, 4.69) is 32.7 Å². The van der Waals surface area contributed by atoms with Gasteiger partial charge in [-0.15, -0.1) is 0 Å². The minimum Gasteiger partial charge on any atom is -0.352 e. The number of hydrogen-bond donors (Lipinski definition) is 2. The van der Waals surface area contributed by atoms with Crippen molar-refractivity contribution in [2.24, 2.45) is 0 Å². The predicted molar refractivity (Wildman–Crippen MR) is 103 cm³/mol. The summed E-state index contributed by atoms with van der Waals surface area (Å²) in [6, 6.07) is 10.1. The Morgan fingerprint density at radius 3 is 2.85 bits per heavy atom. The Hall–Kier alpha value is -2.89. The van der Waals surface area contributed by atoms with Gasteiger partial charge in [0.25, 0.3) is 0 Å². The molecule has 0 radical (unpaired) electrons. The molecular weight excluding hydrogens is 338 g/mol. The SMILES string of the molecule is O=C(CCc1n[nH]c2c1CCCC2)NCc1ccccc1Cn1cccn1. The van der Waals surface area contributed by atoms with E-state index < -0.39 is 0 Å². The van der Waals surface area contributed by atoms with E-state index >= 15 is 0 Å². The second kappa shape index (κ2) is 8.20. The lowest BCUT2D eigenvalue weighted by molar-refractivity contribution is -0.121. The maximum absolute atomic E-state index is 12.3. The second-order valence-corrected chi connectivity index (χ2v) is 7.08. The number of carbonyl (C=O) groups excluding carboxylic acids is 1. The summed E-state index contributed by atoms with van der Waals surface area (Å²) >= 11 is 0. The summed E-state index contributed by atoms with van der Waals surface area (Å²) in [6.45, 7) is 1.24. The molecule has 0 fully saturated rings. The number of aromatic nitrogens is 4. The van der Waals surface area contributed by atoms with Gasteiger partial charge < -0.3 is 5.32 Å². The summed E-state index contributed by atoms with van der Waals surface area (Å²) in [7, 11) is 0. The highest BCUT2D eigenvalue weighted by Crippen LogP contribution is 2.22. The topological polar surface area (TPSA) is 75.6 Å². The molecule has 4 rings (SSSR count). The van der Waals surface area contributed by atoms with Crippen LogP contribution in [-0.4, -0.2) is 25.9 Å². The third-order valence-corrected chi connectivity index (χ3v) is 5.22. The van der Waals surface area contributed by atoms with Crippen molar-refractivity contribution in [3.8, 4) is 0 Å². The van der Waals surface area contributed by atoms with Gasteiger partial charge in [-0.1, -0.05) is 24.3 Å². The average Bonchev–Trinajstić information content (AvgIpc) is 3.35. The molecular formula is C21H25N5O. The molecule has 27 heavy (non-hydrogen) atoms. The van der Waals surface area contributed by atoms with Crippen LogP contribution < -0.4 is 5.32 Å². The standard InChI is InChI=1S/C21H25N5O/c27-21(11-10-20-18-8-3-4-9-19(18)24-25-20)22-14-16-6-1-2-7-17(16)15-26-13-5-12-23-26/h1-2,5-7,12-13H,3-4,8-11,14-15H2,(H,22,27)(H,24,25). The molecule has 0 spiro atoms. The predicted octanol–water partition coefficient (Wildman–Crippen LogP) is 2.78. The van der Waals surface area contributed by atoms with Crippen LogP contribution in [0.15, 0.2) is 42.7 Å². The Bertz CT molecular complexity index is 897. The van der Waals surface area contributed by atoms with Gasteiger partial charge in [0, 0.05) is 37.5 Å². The van der Waals surface area contributed by atoms with Crippen molar-refractivity contribution in [1.82, 2.24) is 25.3 Å². The van der Waals surface area contributed by atoms with Crippen LogP contribution >= 0.6 is 0 Å². The number of amides is 1. The van der Waals surface area contributed by atoms with Crippen LogP contribution in [0.25, 0.3) is 0 Å². The Kier molecular flexibility index (Phi) is 5.32. The molecule has 1 aliphatic carbocycles. The van der Waals surface area contributed by atoms with Crippen LogP contribution in [0.4, 0.5) is 0 Å². The number of rotatable bonds is 7. The van der Waals surface area contributed by atoms with Gasteiger partial charge in [-0.3, -0.25) is 14.6 Å². The van der Waals surface area contributed by atoms with E-state index in [1.54, 1.807) is 6.20 Å². The van der Waals surface area contributed by atoms with Gasteiger partial charge in [-0.25, -0.2) is 0 Å². The van der Waals surface area contributed by atoms with E-state index in [1.807, 2.05) is 29.1 Å². The fraction of sp³-hybridized carbons (Fsp3) is 0.381. The van der Waals surface area contributed by atoms with E-state index in [1.165, 1.54) is 29.7 Å². The summed E-state index contributed by atoms with van der Waals surface area (Å²) in [5.74, 6) is 0.0662. The Balaban J connectivity index is 1.31. The zero-order chi connectivity index (χ0) is 18.5. The first-order chi connectivity index (χ1) is 13.3. The largest absolute Gasteiger partial charge is 0.352 e. The number of aromatic amines is 1. The van der Waals surface area contributed by atoms with Crippen LogP contribution in [0.1, 0.15) is 47.3 Å². The first-order valence-electron chi connectivity index (χ1n) is 9.65. The molecule has 2 aromatic heterocycles. The van der Waals surface area contributed by atoms with Crippen LogP contribution in [-0.2, 0) is 37.1 Å². The van der Waals surface area contributed by atoms with Crippen molar-refractivity contribution in [1.29, 1.82) is 0 Å². The van der Waals surface area contributed by atoms with Gasteiger partial charge >= 0.3 is 0 Å². The highest BCUT2D eigenvalue weighted by molar-refractivity contribution is 5.76. The normalized spacial score (nSPS) is 13.3. The number of H-pyrrole nitrogens is 1. The zero-order valence-electron chi connectivity index (χ0n) is 15.4. The Morgan fingerprint density at radius 1 is 1.15 bits per heavy atom. The van der Waals surface area contributed by atoms with E-state index in [9.17, 15) is 4.79 Å². The van der Waals surface area contributed by atoms with Gasteiger partial charge in [0.15, 0.2) is 0 Å². The van der Waals surface area contributed by atoms with Crippen LogP contribution in [0.3, 0.4) is 0 Å². The fourth-order valence-electron chi connectivity index (χ4n) is 3.72. The fourth-order valence-corrected chi connectivity index (χ4v) is 3.72. The molecule has 3 aromatic rings. The molecule has 0 unspecified atom stereocenters. The number of hydrogen-bond acceptors (Lipinski definition) is 3. The van der Waals surface area contributed by atoms with Crippen molar-refractivity contribution in [3.63, 3.8) is 0 Å². The molecule has 1 amide bonds. The van der Waals surface area contributed by atoms with Crippen LogP contribution in [0.5, 0.6) is 0 Å². The second-order valence-electron chi connectivity index (χ2n) is 7.08. The van der Waals surface area contributed by atoms with Gasteiger partial charge in [0.2, 0.25) is 5.91 Å². The quantitative estimate of drug-likeness (QED) is 0.678. The zero-order valence-corrected chi connectivity index (χ0v) is 15.4.